The molecule has 1 nitrogen and oxygen atoms in total. The molecule has 2 aromatic carbocycles. The maximum atomic E-state index is 7.14. The van der Waals surface area contributed by atoms with E-state index in [4.69, 9.17) is 3.76 Å². The van der Waals surface area contributed by atoms with Gasteiger partial charge in [0.05, 0.1) is 0 Å². The Morgan fingerprint density at radius 1 is 0.692 bits per heavy atom. The first kappa shape index (κ1) is 21.8. The van der Waals surface area contributed by atoms with Crippen molar-refractivity contribution in [3.8, 4) is 0 Å². The zero-order chi connectivity index (χ0) is 18.8. The number of benzene rings is 2. The molecule has 0 saturated heterocycles. The predicted molar refractivity (Wildman–Crippen MR) is 118 cm³/mol. The average Bonchev–Trinajstić information content (AvgIpc) is 2.72. The van der Waals surface area contributed by atoms with Gasteiger partial charge in [0, 0.05) is 0 Å². The summed E-state index contributed by atoms with van der Waals surface area (Å²) in [6.07, 6.45) is 1.15. The topological polar surface area (TPSA) is 9.23 Å². The van der Waals surface area contributed by atoms with Gasteiger partial charge in [-0.05, 0) is 0 Å². The van der Waals surface area contributed by atoms with E-state index in [-0.39, 0.29) is 5.60 Å². The molecule has 0 amide bonds. The molecule has 3 heteroatoms. The van der Waals surface area contributed by atoms with Crippen molar-refractivity contribution in [1.82, 2.24) is 0 Å². The molecule has 0 atom stereocenters. The fraction of sp³-hybridized carbons (Fsp3) is 0.478. The Bertz CT molecular complexity index is 567. The van der Waals surface area contributed by atoms with Crippen LogP contribution in [0.15, 0.2) is 60.7 Å². The number of rotatable bonds is 11. The van der Waals surface area contributed by atoms with E-state index in [0.717, 1.165) is 6.42 Å². The van der Waals surface area contributed by atoms with Crippen molar-refractivity contribution in [3.63, 3.8) is 0 Å². The van der Waals surface area contributed by atoms with Gasteiger partial charge in [0.1, 0.15) is 0 Å². The monoisotopic (exact) mass is 474 g/mol. The summed E-state index contributed by atoms with van der Waals surface area (Å²) in [4.78, 5) is 0. The Morgan fingerprint density at radius 2 is 1.15 bits per heavy atom. The quantitative estimate of drug-likeness (QED) is 0.324. The molecule has 0 aliphatic heterocycles. The third-order valence-electron chi connectivity index (χ3n) is 5.42. The Morgan fingerprint density at radius 3 is 1.54 bits per heavy atom. The number of hydrogen-bond donors (Lipinski definition) is 0. The van der Waals surface area contributed by atoms with E-state index < -0.39 is 29.0 Å². The molecule has 140 valence electrons. The van der Waals surface area contributed by atoms with Gasteiger partial charge in [0.2, 0.25) is 0 Å². The zero-order valence-electron chi connectivity index (χ0n) is 16.9. The minimum atomic E-state index is -1.52. The van der Waals surface area contributed by atoms with Crippen LogP contribution in [0.2, 0.25) is 26.3 Å². The van der Waals surface area contributed by atoms with Crippen molar-refractivity contribution in [2.24, 2.45) is 0 Å². The summed E-state index contributed by atoms with van der Waals surface area (Å²) in [6, 6.07) is 22.1. The molecule has 0 fully saturated rings. The van der Waals surface area contributed by atoms with Crippen LogP contribution in [0.25, 0.3) is 0 Å². The average molecular weight is 472 g/mol. The normalized spacial score (nSPS) is 12.1. The van der Waals surface area contributed by atoms with Gasteiger partial charge >= 0.3 is 171 Å². The molecule has 0 spiro atoms. The van der Waals surface area contributed by atoms with E-state index >= 15 is 0 Å². The van der Waals surface area contributed by atoms with Gasteiger partial charge in [-0.3, -0.25) is 0 Å². The van der Waals surface area contributed by atoms with Gasteiger partial charge in [-0.25, -0.2) is 0 Å². The van der Waals surface area contributed by atoms with Gasteiger partial charge in [0.15, 0.2) is 0 Å². The maximum absolute atomic E-state index is 7.14. The van der Waals surface area contributed by atoms with Crippen LogP contribution in [0.5, 0.6) is 0 Å². The molecule has 0 aliphatic rings. The van der Waals surface area contributed by atoms with Gasteiger partial charge in [0.25, 0.3) is 0 Å². The predicted octanol–water partition coefficient (Wildman–Crippen LogP) is 6.90. The molecule has 0 aliphatic carbocycles. The molecule has 0 aromatic heterocycles. The van der Waals surface area contributed by atoms with Crippen molar-refractivity contribution >= 4 is 29.0 Å². The number of hydrogen-bond acceptors (Lipinski definition) is 1. The van der Waals surface area contributed by atoms with Crippen molar-refractivity contribution < 1.29 is 3.76 Å². The molecular weight excluding hydrogens is 437 g/mol. The first-order valence-corrected chi connectivity index (χ1v) is 18.5. The molecule has 2 radical (unpaired) electrons. The molecule has 2 rings (SSSR count). The van der Waals surface area contributed by atoms with Crippen molar-refractivity contribution in [3.05, 3.63) is 71.8 Å². The van der Waals surface area contributed by atoms with Crippen molar-refractivity contribution in [1.29, 1.82) is 0 Å². The van der Waals surface area contributed by atoms with E-state index in [1.54, 1.807) is 0 Å². The van der Waals surface area contributed by atoms with E-state index in [2.05, 4.69) is 88.4 Å². The second kappa shape index (κ2) is 11.4. The Hall–Kier alpha value is -0.514. The third kappa shape index (κ3) is 5.50. The van der Waals surface area contributed by atoms with Crippen LogP contribution in [-0.2, 0) is 9.36 Å². The molecular formula is C23H34Ge2O. The van der Waals surface area contributed by atoms with Gasteiger partial charge < -0.3 is 0 Å². The minimum absolute atomic E-state index is 0.244. The Balaban J connectivity index is 2.51. The van der Waals surface area contributed by atoms with Crippen LogP contribution in [0.1, 0.15) is 45.2 Å². The van der Waals surface area contributed by atoms with Crippen molar-refractivity contribution in [2.75, 3.05) is 0 Å². The van der Waals surface area contributed by atoms with Gasteiger partial charge in [-0.15, -0.1) is 0 Å². The van der Waals surface area contributed by atoms with Crippen LogP contribution >= 0.6 is 0 Å². The van der Waals surface area contributed by atoms with Gasteiger partial charge in [-0.2, -0.15) is 0 Å². The zero-order valence-corrected chi connectivity index (χ0v) is 21.1. The van der Waals surface area contributed by atoms with E-state index in [0.29, 0.717) is 0 Å². The third-order valence-corrected chi connectivity index (χ3v) is 16.3. The summed E-state index contributed by atoms with van der Waals surface area (Å²) in [5.74, 6) is 0. The van der Waals surface area contributed by atoms with E-state index in [1.807, 2.05) is 0 Å². The Labute approximate surface area is 170 Å². The fourth-order valence-corrected chi connectivity index (χ4v) is 11.0. The second-order valence-electron chi connectivity index (χ2n) is 6.86. The van der Waals surface area contributed by atoms with Crippen LogP contribution in [0.4, 0.5) is 0 Å². The fourth-order valence-electron chi connectivity index (χ4n) is 3.64. The summed E-state index contributed by atoms with van der Waals surface area (Å²) in [7, 11) is 0. The van der Waals surface area contributed by atoms with Crippen LogP contribution in [0.3, 0.4) is 0 Å². The molecule has 0 bridgehead atoms. The van der Waals surface area contributed by atoms with Crippen LogP contribution < -0.4 is 0 Å². The second-order valence-corrected chi connectivity index (χ2v) is 19.7. The molecule has 0 unspecified atom stereocenters. The van der Waals surface area contributed by atoms with Crippen molar-refractivity contribution in [2.45, 2.75) is 66.0 Å². The molecule has 0 N–H and O–H groups in total. The first-order chi connectivity index (χ1) is 12.7. The van der Waals surface area contributed by atoms with Gasteiger partial charge in [-0.1, -0.05) is 0 Å². The summed E-state index contributed by atoms with van der Waals surface area (Å²) in [5, 5.41) is 6.67. The summed E-state index contributed by atoms with van der Waals surface area (Å²) in [6.45, 7) is 9.42. The summed E-state index contributed by atoms with van der Waals surface area (Å²) < 4.78 is 7.14. The van der Waals surface area contributed by atoms with E-state index in [1.165, 1.54) is 37.4 Å². The molecule has 2 aromatic rings. The standard InChI is InChI=1S/C23H34Ge2O/c1-5-24(6-2)20-19-23(26-25(7-3)8-4,21-15-11-9-12-16-21)22-17-13-10-14-18-22/h9-18H,5-8,19-20H2,1-4H3. The molecule has 0 saturated carbocycles. The SMILES string of the molecule is C[CH2][Ge]([CH2]C)[CH2]CC([O][Ge]([CH2]C)[CH2]C)(c1ccccc1)c1ccccc1. The Kier molecular flexibility index (Phi) is 9.51. The molecule has 0 heterocycles. The summed E-state index contributed by atoms with van der Waals surface area (Å²) >= 11 is -2.47. The summed E-state index contributed by atoms with van der Waals surface area (Å²) in [5.41, 5.74) is 2.46. The van der Waals surface area contributed by atoms with Crippen LogP contribution in [-0.4, -0.2) is 29.0 Å². The van der Waals surface area contributed by atoms with Crippen LogP contribution in [0, 0.1) is 0 Å². The van der Waals surface area contributed by atoms with E-state index in [9.17, 15) is 0 Å². The first-order valence-electron chi connectivity index (χ1n) is 10.2. The molecule has 26 heavy (non-hydrogen) atoms.